The summed E-state index contributed by atoms with van der Waals surface area (Å²) in [5, 5.41) is 12.4. The molecule has 0 spiro atoms. The van der Waals surface area contributed by atoms with Crippen molar-refractivity contribution in [2.45, 2.75) is 19.4 Å². The summed E-state index contributed by atoms with van der Waals surface area (Å²) in [6.45, 7) is 2.56. The summed E-state index contributed by atoms with van der Waals surface area (Å²) in [5.74, 6) is 0.499. The maximum Gasteiger partial charge on any atom is 0.257 e. The Balaban J connectivity index is 1.80. The minimum absolute atomic E-state index is 0.0697. The quantitative estimate of drug-likeness (QED) is 0.628. The topological polar surface area (TPSA) is 75.9 Å². The van der Waals surface area contributed by atoms with Gasteiger partial charge >= 0.3 is 0 Å². The number of aromatic nitrogens is 4. The van der Waals surface area contributed by atoms with E-state index in [2.05, 4.69) is 20.5 Å². The number of carbonyl (C=O) groups is 1. The first-order chi connectivity index (χ1) is 13.5. The summed E-state index contributed by atoms with van der Waals surface area (Å²) in [5.41, 5.74) is 0.905. The van der Waals surface area contributed by atoms with Gasteiger partial charge in [-0.05, 0) is 30.7 Å². The fraction of sp³-hybridized carbons (Fsp3) is 0.263. The van der Waals surface area contributed by atoms with Crippen LogP contribution in [0.5, 0.6) is 0 Å². The molecule has 3 rings (SSSR count). The van der Waals surface area contributed by atoms with Crippen molar-refractivity contribution in [1.82, 2.24) is 24.9 Å². The van der Waals surface area contributed by atoms with Gasteiger partial charge in [0.1, 0.15) is 5.82 Å². The van der Waals surface area contributed by atoms with Gasteiger partial charge in [0.25, 0.3) is 5.91 Å². The van der Waals surface area contributed by atoms with Crippen LogP contribution in [0.15, 0.2) is 48.9 Å². The number of nitrogens with one attached hydrogen (secondary N) is 1. The smallest absolute Gasteiger partial charge is 0.257 e. The molecule has 0 unspecified atom stereocenters. The SMILES string of the molecule is CC[C@@H](CNc1ccc(Cl)cn1)N(C)C(=O)c1c(Cl)cccc1-n1nccn1. The summed E-state index contributed by atoms with van der Waals surface area (Å²) >= 11 is 12.2. The molecular formula is C19H20Cl2N6O. The number of amides is 1. The van der Waals surface area contributed by atoms with E-state index in [9.17, 15) is 4.79 Å². The Labute approximate surface area is 173 Å². The number of pyridine rings is 1. The van der Waals surface area contributed by atoms with Gasteiger partial charge in [0.15, 0.2) is 0 Å². The van der Waals surface area contributed by atoms with Crippen molar-refractivity contribution in [3.05, 3.63) is 64.5 Å². The molecule has 0 aliphatic rings. The fourth-order valence-corrected chi connectivity index (χ4v) is 3.19. The molecule has 0 bridgehead atoms. The van der Waals surface area contributed by atoms with Gasteiger partial charge in [-0.1, -0.05) is 36.2 Å². The highest BCUT2D eigenvalue weighted by molar-refractivity contribution is 6.34. The molecule has 0 radical (unpaired) electrons. The van der Waals surface area contributed by atoms with Gasteiger partial charge in [-0.3, -0.25) is 4.79 Å². The zero-order valence-corrected chi connectivity index (χ0v) is 17.0. The number of halogens is 2. The van der Waals surface area contributed by atoms with Crippen LogP contribution in [-0.2, 0) is 0 Å². The standard InChI is InChI=1S/C19H20Cl2N6O/c1-3-14(12-23-17-8-7-13(20)11-22-17)26(2)19(28)18-15(21)5-4-6-16(18)27-24-9-10-25-27/h4-11,14H,3,12H2,1-2H3,(H,22,23)/t14-/m0/s1. The van der Waals surface area contributed by atoms with E-state index in [1.165, 1.54) is 4.80 Å². The highest BCUT2D eigenvalue weighted by atomic mass is 35.5. The summed E-state index contributed by atoms with van der Waals surface area (Å²) in [4.78, 5) is 20.5. The first-order valence-electron chi connectivity index (χ1n) is 8.79. The molecule has 0 aliphatic carbocycles. The van der Waals surface area contributed by atoms with E-state index in [1.54, 1.807) is 60.9 Å². The van der Waals surface area contributed by atoms with E-state index in [4.69, 9.17) is 23.2 Å². The third kappa shape index (κ3) is 4.43. The van der Waals surface area contributed by atoms with Gasteiger partial charge in [-0.2, -0.15) is 15.0 Å². The minimum Gasteiger partial charge on any atom is -0.368 e. The number of benzene rings is 1. The van der Waals surface area contributed by atoms with Gasteiger partial charge in [-0.15, -0.1) is 0 Å². The van der Waals surface area contributed by atoms with Crippen LogP contribution in [-0.4, -0.2) is 50.4 Å². The lowest BCUT2D eigenvalue weighted by Gasteiger charge is -2.28. The molecule has 0 saturated carbocycles. The van der Waals surface area contributed by atoms with Crippen LogP contribution in [0, 0.1) is 0 Å². The first kappa shape index (κ1) is 20.1. The molecule has 1 atom stereocenters. The van der Waals surface area contributed by atoms with Crippen LogP contribution in [0.25, 0.3) is 5.69 Å². The Bertz CT molecular complexity index is 930. The van der Waals surface area contributed by atoms with Gasteiger partial charge in [-0.25, -0.2) is 4.98 Å². The molecule has 2 heterocycles. The number of hydrogen-bond donors (Lipinski definition) is 1. The number of likely N-dealkylation sites (N-methyl/N-ethyl adjacent to an activating group) is 1. The highest BCUT2D eigenvalue weighted by Crippen LogP contribution is 2.25. The van der Waals surface area contributed by atoms with Crippen LogP contribution in [0.1, 0.15) is 23.7 Å². The molecule has 0 saturated heterocycles. The van der Waals surface area contributed by atoms with E-state index < -0.39 is 0 Å². The molecule has 28 heavy (non-hydrogen) atoms. The molecule has 3 aromatic rings. The predicted octanol–water partition coefficient (Wildman–Crippen LogP) is 3.93. The van der Waals surface area contributed by atoms with E-state index in [1.807, 2.05) is 6.92 Å². The number of rotatable bonds is 7. The van der Waals surface area contributed by atoms with E-state index in [0.717, 1.165) is 6.42 Å². The van der Waals surface area contributed by atoms with Gasteiger partial charge in [0.05, 0.1) is 33.7 Å². The summed E-state index contributed by atoms with van der Waals surface area (Å²) in [6, 6.07) is 8.71. The number of carbonyl (C=O) groups excluding carboxylic acids is 1. The summed E-state index contributed by atoms with van der Waals surface area (Å²) in [6.07, 6.45) is 5.43. The average molecular weight is 419 g/mol. The molecular weight excluding hydrogens is 399 g/mol. The zero-order chi connectivity index (χ0) is 20.1. The average Bonchev–Trinajstić information content (AvgIpc) is 3.23. The zero-order valence-electron chi connectivity index (χ0n) is 15.5. The van der Waals surface area contributed by atoms with Gasteiger partial charge in [0, 0.05) is 25.8 Å². The highest BCUT2D eigenvalue weighted by Gasteiger charge is 2.25. The van der Waals surface area contributed by atoms with Crippen LogP contribution >= 0.6 is 23.2 Å². The van der Waals surface area contributed by atoms with Crippen LogP contribution in [0.3, 0.4) is 0 Å². The second-order valence-corrected chi connectivity index (χ2v) is 7.02. The number of anilines is 1. The van der Waals surface area contributed by atoms with E-state index in [-0.39, 0.29) is 11.9 Å². The lowest BCUT2D eigenvalue weighted by molar-refractivity contribution is 0.0736. The number of nitrogens with zero attached hydrogens (tertiary/aromatic N) is 5. The van der Waals surface area contributed by atoms with Crippen molar-refractivity contribution < 1.29 is 4.79 Å². The molecule has 0 aliphatic heterocycles. The molecule has 1 aromatic carbocycles. The maximum atomic E-state index is 13.2. The first-order valence-corrected chi connectivity index (χ1v) is 9.54. The second-order valence-electron chi connectivity index (χ2n) is 6.17. The molecule has 9 heteroatoms. The Hall–Kier alpha value is -2.64. The van der Waals surface area contributed by atoms with Crippen LogP contribution in [0.2, 0.25) is 10.0 Å². The summed E-state index contributed by atoms with van der Waals surface area (Å²) < 4.78 is 0. The second kappa shape index (κ2) is 9.03. The Morgan fingerprint density at radius 3 is 2.61 bits per heavy atom. The normalized spacial score (nSPS) is 11.9. The molecule has 146 valence electrons. The molecule has 1 amide bonds. The Morgan fingerprint density at radius 1 is 1.21 bits per heavy atom. The van der Waals surface area contributed by atoms with Crippen LogP contribution < -0.4 is 5.32 Å². The molecule has 0 fully saturated rings. The van der Waals surface area contributed by atoms with E-state index >= 15 is 0 Å². The third-order valence-electron chi connectivity index (χ3n) is 4.43. The van der Waals surface area contributed by atoms with Crippen molar-refractivity contribution in [2.24, 2.45) is 0 Å². The monoisotopic (exact) mass is 418 g/mol. The summed E-state index contributed by atoms with van der Waals surface area (Å²) in [7, 11) is 1.76. The fourth-order valence-electron chi connectivity index (χ4n) is 2.83. The van der Waals surface area contributed by atoms with Gasteiger partial charge in [0.2, 0.25) is 0 Å². The number of hydrogen-bond acceptors (Lipinski definition) is 5. The third-order valence-corrected chi connectivity index (χ3v) is 4.96. The Morgan fingerprint density at radius 2 is 1.96 bits per heavy atom. The van der Waals surface area contributed by atoms with E-state index in [0.29, 0.717) is 33.7 Å². The van der Waals surface area contributed by atoms with Crippen molar-refractivity contribution in [3.8, 4) is 5.69 Å². The lowest BCUT2D eigenvalue weighted by atomic mass is 10.1. The maximum absolute atomic E-state index is 13.2. The van der Waals surface area contributed by atoms with Crippen molar-refractivity contribution in [3.63, 3.8) is 0 Å². The van der Waals surface area contributed by atoms with Crippen LogP contribution in [0.4, 0.5) is 5.82 Å². The molecule has 1 N–H and O–H groups in total. The lowest BCUT2D eigenvalue weighted by Crippen LogP contribution is -2.41. The predicted molar refractivity (Wildman–Crippen MR) is 110 cm³/mol. The largest absolute Gasteiger partial charge is 0.368 e. The molecule has 2 aromatic heterocycles. The minimum atomic E-state index is -0.199. The van der Waals surface area contributed by atoms with Crippen molar-refractivity contribution in [2.75, 3.05) is 18.9 Å². The van der Waals surface area contributed by atoms with Crippen molar-refractivity contribution >= 4 is 34.9 Å². The molecule has 7 nitrogen and oxygen atoms in total. The van der Waals surface area contributed by atoms with Gasteiger partial charge < -0.3 is 10.2 Å². The van der Waals surface area contributed by atoms with Crippen molar-refractivity contribution in [1.29, 1.82) is 0 Å². The Kier molecular flexibility index (Phi) is 6.49.